The Morgan fingerprint density at radius 1 is 1.15 bits per heavy atom. The molecule has 7 nitrogen and oxygen atoms in total. The maximum atomic E-state index is 12.8. The quantitative estimate of drug-likeness (QED) is 0.748. The fourth-order valence-corrected chi connectivity index (χ4v) is 4.01. The van der Waals surface area contributed by atoms with E-state index in [1.54, 1.807) is 14.2 Å². The molecule has 0 spiro atoms. The van der Waals surface area contributed by atoms with Gasteiger partial charge >= 0.3 is 11.9 Å². The normalized spacial score (nSPS) is 25.0. The van der Waals surface area contributed by atoms with E-state index in [0.29, 0.717) is 24.3 Å². The van der Waals surface area contributed by atoms with Gasteiger partial charge in [0.25, 0.3) is 5.84 Å². The lowest BCUT2D eigenvalue weighted by atomic mass is 9.73. The summed E-state index contributed by atoms with van der Waals surface area (Å²) in [6.07, 6.45) is 2.46. The summed E-state index contributed by atoms with van der Waals surface area (Å²) in [7, 11) is 4.67. The van der Waals surface area contributed by atoms with Crippen molar-refractivity contribution in [2.45, 2.75) is 18.8 Å². The number of ketones is 1. The average Bonchev–Trinajstić information content (AvgIpc) is 2.69. The Balaban J connectivity index is 1.75. The van der Waals surface area contributed by atoms with Crippen molar-refractivity contribution in [1.82, 2.24) is 4.90 Å². The minimum atomic E-state index is -0.678. The molecule has 3 aliphatic rings. The van der Waals surface area contributed by atoms with Crippen LogP contribution < -0.4 is 4.74 Å². The maximum absolute atomic E-state index is 12.8. The molecular weight excluding hydrogens is 346 g/mol. The Morgan fingerprint density at radius 3 is 2.52 bits per heavy atom. The SMILES string of the molecule is COc1ccc(C2CC(=O)C3=C(C2)C2C(=O)N(C)C(=O)[N+](C)=C2N=C3)cc1. The summed E-state index contributed by atoms with van der Waals surface area (Å²) in [6, 6.07) is 7.23. The molecule has 2 unspecified atom stereocenters. The van der Waals surface area contributed by atoms with Crippen molar-refractivity contribution in [3.63, 3.8) is 0 Å². The predicted octanol–water partition coefficient (Wildman–Crippen LogP) is 1.77. The smallest absolute Gasteiger partial charge is 0.445 e. The summed E-state index contributed by atoms with van der Waals surface area (Å²) < 4.78 is 6.58. The minimum Gasteiger partial charge on any atom is -0.497 e. The fraction of sp³-hybridized carbons (Fsp3) is 0.350. The first-order valence-corrected chi connectivity index (χ1v) is 8.78. The van der Waals surface area contributed by atoms with E-state index in [0.717, 1.165) is 21.8 Å². The van der Waals surface area contributed by atoms with Crippen LogP contribution in [0.1, 0.15) is 24.3 Å². The third-order valence-electron chi connectivity index (χ3n) is 5.56. The summed E-state index contributed by atoms with van der Waals surface area (Å²) >= 11 is 0. The number of benzene rings is 1. The van der Waals surface area contributed by atoms with Crippen LogP contribution in [0, 0.1) is 5.92 Å². The van der Waals surface area contributed by atoms with Crippen molar-refractivity contribution >= 4 is 29.8 Å². The Kier molecular flexibility index (Phi) is 4.02. The maximum Gasteiger partial charge on any atom is 0.445 e. The highest BCUT2D eigenvalue weighted by Crippen LogP contribution is 2.40. The number of Topliss-reactive ketones (excluding diaryl/α,β-unsaturated/α-hetero) is 1. The Morgan fingerprint density at radius 2 is 1.85 bits per heavy atom. The van der Waals surface area contributed by atoms with E-state index in [1.807, 2.05) is 24.3 Å². The number of dihydropyridines is 1. The lowest BCUT2D eigenvalue weighted by Crippen LogP contribution is -2.53. The van der Waals surface area contributed by atoms with Gasteiger partial charge in [-0.1, -0.05) is 12.1 Å². The van der Waals surface area contributed by atoms with Crippen molar-refractivity contribution in [3.8, 4) is 5.75 Å². The van der Waals surface area contributed by atoms with E-state index in [2.05, 4.69) is 4.99 Å². The van der Waals surface area contributed by atoms with Gasteiger partial charge in [0.05, 0.1) is 26.8 Å². The van der Waals surface area contributed by atoms with Crippen molar-refractivity contribution in [1.29, 1.82) is 0 Å². The van der Waals surface area contributed by atoms with Gasteiger partial charge in [-0.2, -0.15) is 9.48 Å². The molecule has 2 atom stereocenters. The van der Waals surface area contributed by atoms with Gasteiger partial charge in [0, 0.05) is 6.42 Å². The number of hydrogen-bond donors (Lipinski definition) is 0. The largest absolute Gasteiger partial charge is 0.497 e. The molecule has 0 saturated heterocycles. The molecule has 0 bridgehead atoms. The summed E-state index contributed by atoms with van der Waals surface area (Å²) in [5.74, 6) is 0.101. The molecule has 27 heavy (non-hydrogen) atoms. The van der Waals surface area contributed by atoms with Crippen LogP contribution in [-0.4, -0.2) is 60.5 Å². The zero-order valence-corrected chi connectivity index (χ0v) is 15.4. The van der Waals surface area contributed by atoms with E-state index in [4.69, 9.17) is 4.74 Å². The molecule has 1 aromatic rings. The Hall–Kier alpha value is -3.09. The van der Waals surface area contributed by atoms with Crippen molar-refractivity contribution in [3.05, 3.63) is 41.0 Å². The van der Waals surface area contributed by atoms with Crippen LogP contribution in [0.2, 0.25) is 0 Å². The van der Waals surface area contributed by atoms with E-state index in [9.17, 15) is 14.4 Å². The number of urea groups is 1. The third-order valence-corrected chi connectivity index (χ3v) is 5.56. The number of imide groups is 1. The van der Waals surface area contributed by atoms with E-state index in [-0.39, 0.29) is 17.6 Å². The highest BCUT2D eigenvalue weighted by molar-refractivity contribution is 6.24. The van der Waals surface area contributed by atoms with Crippen LogP contribution in [0.5, 0.6) is 5.75 Å². The molecule has 0 fully saturated rings. The first kappa shape index (κ1) is 17.3. The topological polar surface area (TPSA) is 79.1 Å². The number of amides is 3. The first-order chi connectivity index (χ1) is 12.9. The van der Waals surface area contributed by atoms with Crippen LogP contribution in [0.25, 0.3) is 0 Å². The third kappa shape index (κ3) is 2.61. The minimum absolute atomic E-state index is 0.0176. The molecule has 0 saturated carbocycles. The second-order valence-electron chi connectivity index (χ2n) is 7.03. The predicted molar refractivity (Wildman–Crippen MR) is 98.3 cm³/mol. The van der Waals surface area contributed by atoms with E-state index in [1.165, 1.54) is 17.8 Å². The standard InChI is InChI=1S/C20H20N3O4/c1-22-18-17(19(25)23(2)20(22)26)14-8-12(9-16(24)15(14)10-21-18)11-4-6-13(27-3)7-5-11/h4-7,10,12,17H,8-9H2,1-3H3/q+1. The fourth-order valence-electron chi connectivity index (χ4n) is 4.01. The van der Waals surface area contributed by atoms with Crippen LogP contribution in [0.15, 0.2) is 40.4 Å². The molecule has 0 radical (unpaired) electrons. The van der Waals surface area contributed by atoms with E-state index < -0.39 is 11.9 Å². The molecule has 0 N–H and O–H groups in total. The van der Waals surface area contributed by atoms with Gasteiger partial charge in [0.2, 0.25) is 0 Å². The number of allylic oxidation sites excluding steroid dienone is 1. The average molecular weight is 366 g/mol. The molecule has 2 aliphatic heterocycles. The highest BCUT2D eigenvalue weighted by atomic mass is 16.5. The molecular formula is C20H20N3O4+. The van der Waals surface area contributed by atoms with Crippen LogP contribution in [0.3, 0.4) is 0 Å². The summed E-state index contributed by atoms with van der Waals surface area (Å²) in [6.45, 7) is 0. The second kappa shape index (κ2) is 6.26. The van der Waals surface area contributed by atoms with Crippen molar-refractivity contribution in [2.24, 2.45) is 10.9 Å². The number of methoxy groups -OCH3 is 1. The van der Waals surface area contributed by atoms with Gasteiger partial charge in [-0.3, -0.25) is 9.59 Å². The molecule has 138 valence electrons. The Labute approximate surface area is 156 Å². The van der Waals surface area contributed by atoms with Crippen LogP contribution >= 0.6 is 0 Å². The van der Waals surface area contributed by atoms with E-state index >= 15 is 0 Å². The van der Waals surface area contributed by atoms with Crippen LogP contribution in [-0.2, 0) is 9.59 Å². The van der Waals surface area contributed by atoms with Gasteiger partial charge < -0.3 is 4.74 Å². The number of rotatable bonds is 2. The zero-order chi connectivity index (χ0) is 19.3. The van der Waals surface area contributed by atoms with Gasteiger partial charge in [-0.15, -0.1) is 4.99 Å². The second-order valence-corrected chi connectivity index (χ2v) is 7.03. The molecule has 7 heteroatoms. The molecule has 1 aliphatic carbocycles. The molecule has 4 rings (SSSR count). The van der Waals surface area contributed by atoms with Crippen molar-refractivity contribution in [2.75, 3.05) is 21.2 Å². The molecule has 3 amide bonds. The lowest BCUT2D eigenvalue weighted by Gasteiger charge is -2.32. The summed E-state index contributed by atoms with van der Waals surface area (Å²) in [5.41, 5.74) is 2.30. The number of carbonyl (C=O) groups excluding carboxylic acids is 3. The number of ether oxygens (including phenoxy) is 1. The first-order valence-electron chi connectivity index (χ1n) is 8.78. The number of aliphatic imine (C=N–C) groups is 1. The number of fused-ring (bicyclic) bond motifs is 2. The molecule has 2 heterocycles. The summed E-state index contributed by atoms with van der Waals surface area (Å²) in [5, 5.41) is 0. The van der Waals surface area contributed by atoms with Gasteiger partial charge in [0.15, 0.2) is 11.7 Å². The van der Waals surface area contributed by atoms with Crippen molar-refractivity contribution < 1.29 is 23.7 Å². The number of carbonyl (C=O) groups is 3. The van der Waals surface area contributed by atoms with Crippen LogP contribution in [0.4, 0.5) is 4.79 Å². The highest BCUT2D eigenvalue weighted by Gasteiger charge is 2.50. The zero-order valence-electron chi connectivity index (χ0n) is 15.4. The Bertz CT molecular complexity index is 956. The molecule has 0 aromatic heterocycles. The number of amidine groups is 1. The molecule has 1 aromatic carbocycles. The van der Waals surface area contributed by atoms with Gasteiger partial charge in [0.1, 0.15) is 12.0 Å². The summed E-state index contributed by atoms with van der Waals surface area (Å²) in [4.78, 5) is 43.2. The number of nitrogens with zero attached hydrogens (tertiary/aromatic N) is 3. The number of hydrogen-bond acceptors (Lipinski definition) is 5. The lowest BCUT2D eigenvalue weighted by molar-refractivity contribution is -0.407. The van der Waals surface area contributed by atoms with Gasteiger partial charge in [-0.05, 0) is 35.6 Å². The monoisotopic (exact) mass is 366 g/mol. The van der Waals surface area contributed by atoms with Gasteiger partial charge in [-0.25, -0.2) is 4.79 Å².